The van der Waals surface area contributed by atoms with Gasteiger partial charge in [-0.2, -0.15) is 0 Å². The Morgan fingerprint density at radius 2 is 1.54 bits per heavy atom. The monoisotopic (exact) mass is 339 g/mol. The van der Waals surface area contributed by atoms with Gasteiger partial charge in [-0.05, 0) is 12.8 Å². The van der Waals surface area contributed by atoms with Crippen LogP contribution in [0.4, 0.5) is 0 Å². The van der Waals surface area contributed by atoms with Gasteiger partial charge in [-0.3, -0.25) is 4.79 Å². The third kappa shape index (κ3) is 8.70. The molecule has 1 aliphatic heterocycles. The van der Waals surface area contributed by atoms with Gasteiger partial charge < -0.3 is 10.1 Å². The molecule has 140 valence electrons. The topological polar surface area (TPSA) is 55.4 Å². The van der Waals surface area contributed by atoms with Gasteiger partial charge in [0.1, 0.15) is 6.04 Å². The van der Waals surface area contributed by atoms with Crippen LogP contribution in [0.25, 0.3) is 0 Å². The largest absolute Gasteiger partial charge is 0.464 e. The maximum Gasteiger partial charge on any atom is 0.328 e. The standard InChI is InChI=1S/C20H37NO3/c1-3-5-7-9-10-12-14-17(13-11-8-6-4-2)19(22)21-18-15-16-24-20(18)23/h17-18H,3-16H2,1-2H3,(H,21,22)/t17-,18-/m0/s1. The lowest BCUT2D eigenvalue weighted by Gasteiger charge is -2.18. The summed E-state index contributed by atoms with van der Waals surface area (Å²) in [7, 11) is 0. The van der Waals surface area contributed by atoms with Crippen molar-refractivity contribution in [3.8, 4) is 0 Å². The van der Waals surface area contributed by atoms with Crippen molar-refractivity contribution in [3.05, 3.63) is 0 Å². The number of ether oxygens (including phenoxy) is 1. The van der Waals surface area contributed by atoms with E-state index in [1.807, 2.05) is 0 Å². The molecule has 2 atom stereocenters. The van der Waals surface area contributed by atoms with E-state index in [4.69, 9.17) is 4.74 Å². The Balaban J connectivity index is 2.34. The molecule has 0 radical (unpaired) electrons. The third-order valence-corrected chi connectivity index (χ3v) is 4.93. The second-order valence-corrected chi connectivity index (χ2v) is 7.12. The number of cyclic esters (lactones) is 1. The molecule has 0 aliphatic carbocycles. The summed E-state index contributed by atoms with van der Waals surface area (Å²) >= 11 is 0. The average Bonchev–Trinajstić information content (AvgIpc) is 2.97. The lowest BCUT2D eigenvalue weighted by Crippen LogP contribution is -2.41. The lowest BCUT2D eigenvalue weighted by molar-refractivity contribution is -0.142. The first-order valence-corrected chi connectivity index (χ1v) is 10.2. The quantitative estimate of drug-likeness (QED) is 0.367. The molecular formula is C20H37NO3. The van der Waals surface area contributed by atoms with Gasteiger partial charge in [0.15, 0.2) is 0 Å². The first-order valence-electron chi connectivity index (χ1n) is 10.2. The second-order valence-electron chi connectivity index (χ2n) is 7.12. The summed E-state index contributed by atoms with van der Waals surface area (Å²) in [4.78, 5) is 24.1. The van der Waals surface area contributed by atoms with Crippen molar-refractivity contribution in [3.63, 3.8) is 0 Å². The molecule has 0 spiro atoms. The van der Waals surface area contributed by atoms with Crippen LogP contribution < -0.4 is 5.32 Å². The van der Waals surface area contributed by atoms with Crippen molar-refractivity contribution in [2.45, 2.75) is 103 Å². The SMILES string of the molecule is CCCCCCCC[C@H](CCCCCC)C(=O)N[C@H]1CCOC1=O. The highest BCUT2D eigenvalue weighted by Crippen LogP contribution is 2.20. The number of nitrogens with one attached hydrogen (secondary N) is 1. The molecule has 4 nitrogen and oxygen atoms in total. The van der Waals surface area contributed by atoms with E-state index in [-0.39, 0.29) is 17.8 Å². The van der Waals surface area contributed by atoms with Gasteiger partial charge in [-0.25, -0.2) is 4.79 Å². The average molecular weight is 340 g/mol. The Hall–Kier alpha value is -1.06. The number of carbonyl (C=O) groups excluding carboxylic acids is 2. The van der Waals surface area contributed by atoms with E-state index < -0.39 is 6.04 Å². The smallest absolute Gasteiger partial charge is 0.328 e. The second kappa shape index (κ2) is 13.3. The van der Waals surface area contributed by atoms with Crippen molar-refractivity contribution in [2.75, 3.05) is 6.61 Å². The fourth-order valence-electron chi connectivity index (χ4n) is 3.31. The van der Waals surface area contributed by atoms with Crippen LogP contribution >= 0.6 is 0 Å². The number of hydrogen-bond donors (Lipinski definition) is 1. The Bertz CT molecular complexity index is 357. The zero-order valence-electron chi connectivity index (χ0n) is 15.8. The summed E-state index contributed by atoms with van der Waals surface area (Å²) < 4.78 is 4.94. The molecule has 0 aromatic heterocycles. The number of unbranched alkanes of at least 4 members (excludes halogenated alkanes) is 8. The summed E-state index contributed by atoms with van der Waals surface area (Å²) in [5.41, 5.74) is 0. The number of rotatable bonds is 14. The van der Waals surface area contributed by atoms with E-state index in [2.05, 4.69) is 19.2 Å². The van der Waals surface area contributed by atoms with Gasteiger partial charge >= 0.3 is 5.97 Å². The van der Waals surface area contributed by atoms with Crippen molar-refractivity contribution in [2.24, 2.45) is 5.92 Å². The number of hydrogen-bond acceptors (Lipinski definition) is 3. The summed E-state index contributed by atoms with van der Waals surface area (Å²) in [5, 5.41) is 2.92. The maximum atomic E-state index is 12.6. The van der Waals surface area contributed by atoms with Crippen LogP contribution in [-0.2, 0) is 14.3 Å². The van der Waals surface area contributed by atoms with E-state index in [9.17, 15) is 9.59 Å². The van der Waals surface area contributed by atoms with Crippen LogP contribution in [-0.4, -0.2) is 24.5 Å². The molecule has 0 bridgehead atoms. The van der Waals surface area contributed by atoms with Gasteiger partial charge in [-0.1, -0.05) is 78.1 Å². The van der Waals surface area contributed by atoms with Crippen LogP contribution in [0.15, 0.2) is 0 Å². The first kappa shape index (κ1) is 21.0. The third-order valence-electron chi connectivity index (χ3n) is 4.93. The Morgan fingerprint density at radius 3 is 2.08 bits per heavy atom. The van der Waals surface area contributed by atoms with Crippen molar-refractivity contribution >= 4 is 11.9 Å². The summed E-state index contributed by atoms with van der Waals surface area (Å²) in [6.45, 7) is 4.86. The predicted octanol–water partition coefficient (Wildman–Crippen LogP) is 4.76. The molecule has 1 aliphatic rings. The lowest BCUT2D eigenvalue weighted by atomic mass is 9.93. The van der Waals surface area contributed by atoms with Gasteiger partial charge in [0.05, 0.1) is 6.61 Å². The highest BCUT2D eigenvalue weighted by molar-refractivity contribution is 5.86. The van der Waals surface area contributed by atoms with E-state index in [1.165, 1.54) is 51.4 Å². The van der Waals surface area contributed by atoms with Gasteiger partial charge in [0.2, 0.25) is 5.91 Å². The molecule has 1 fully saturated rings. The van der Waals surface area contributed by atoms with Gasteiger partial charge in [0, 0.05) is 12.3 Å². The van der Waals surface area contributed by atoms with Crippen LogP contribution in [0.2, 0.25) is 0 Å². The highest BCUT2D eigenvalue weighted by Gasteiger charge is 2.30. The van der Waals surface area contributed by atoms with Gasteiger partial charge in [-0.15, -0.1) is 0 Å². The Labute approximate surface area is 148 Å². The zero-order chi connectivity index (χ0) is 17.6. The van der Waals surface area contributed by atoms with Crippen molar-refractivity contribution in [1.82, 2.24) is 5.32 Å². The van der Waals surface area contributed by atoms with E-state index in [1.54, 1.807) is 0 Å². The maximum absolute atomic E-state index is 12.6. The Morgan fingerprint density at radius 1 is 1.00 bits per heavy atom. The normalized spacial score (nSPS) is 18.4. The minimum atomic E-state index is -0.416. The molecule has 1 saturated heterocycles. The van der Waals surface area contributed by atoms with Crippen molar-refractivity contribution < 1.29 is 14.3 Å². The predicted molar refractivity (Wildman–Crippen MR) is 97.7 cm³/mol. The molecular weight excluding hydrogens is 302 g/mol. The fourth-order valence-corrected chi connectivity index (χ4v) is 3.31. The molecule has 4 heteroatoms. The number of carbonyl (C=O) groups is 2. The molecule has 1 rings (SSSR count). The van der Waals surface area contributed by atoms with E-state index in [0.29, 0.717) is 13.0 Å². The minimum absolute atomic E-state index is 0.0569. The molecule has 24 heavy (non-hydrogen) atoms. The summed E-state index contributed by atoms with van der Waals surface area (Å²) in [6, 6.07) is -0.416. The molecule has 1 heterocycles. The van der Waals surface area contributed by atoms with E-state index >= 15 is 0 Å². The molecule has 0 aromatic rings. The number of esters is 1. The molecule has 0 aromatic carbocycles. The molecule has 1 N–H and O–H groups in total. The summed E-state index contributed by atoms with van der Waals surface area (Å²) in [6.07, 6.45) is 14.7. The highest BCUT2D eigenvalue weighted by atomic mass is 16.5. The molecule has 1 amide bonds. The minimum Gasteiger partial charge on any atom is -0.464 e. The van der Waals surface area contributed by atoms with Crippen molar-refractivity contribution in [1.29, 1.82) is 0 Å². The zero-order valence-corrected chi connectivity index (χ0v) is 15.8. The van der Waals surface area contributed by atoms with Crippen LogP contribution in [0.3, 0.4) is 0 Å². The first-order chi connectivity index (χ1) is 11.7. The van der Waals surface area contributed by atoms with E-state index in [0.717, 1.165) is 25.7 Å². The van der Waals surface area contributed by atoms with Gasteiger partial charge in [0.25, 0.3) is 0 Å². The fraction of sp³-hybridized carbons (Fsp3) is 0.900. The number of amides is 1. The summed E-state index contributed by atoms with van der Waals surface area (Å²) in [5.74, 6) is -0.155. The van der Waals surface area contributed by atoms with Crippen LogP contribution in [0.1, 0.15) is 97.3 Å². The molecule has 0 unspecified atom stereocenters. The van der Waals surface area contributed by atoms with Crippen LogP contribution in [0, 0.1) is 5.92 Å². The van der Waals surface area contributed by atoms with Crippen LogP contribution in [0.5, 0.6) is 0 Å². The molecule has 0 saturated carbocycles. The Kier molecular flexibility index (Phi) is 11.6.